The zero-order chi connectivity index (χ0) is 12.9. The third kappa shape index (κ3) is 3.96. The van der Waals surface area contributed by atoms with E-state index in [2.05, 4.69) is 19.2 Å². The molecule has 4 nitrogen and oxygen atoms in total. The van der Waals surface area contributed by atoms with Gasteiger partial charge in [0.05, 0.1) is 11.6 Å². The number of carbonyl (C=O) groups is 1. The molecule has 0 spiro atoms. The average molecular weight is 242 g/mol. The normalized spacial score (nSPS) is 28.8. The van der Waals surface area contributed by atoms with Crippen molar-refractivity contribution < 1.29 is 9.53 Å². The molecule has 17 heavy (non-hydrogen) atoms. The lowest BCUT2D eigenvalue weighted by Crippen LogP contribution is -2.52. The second-order valence-corrected chi connectivity index (χ2v) is 5.47. The van der Waals surface area contributed by atoms with E-state index in [-0.39, 0.29) is 12.0 Å². The Morgan fingerprint density at radius 3 is 2.76 bits per heavy atom. The van der Waals surface area contributed by atoms with E-state index in [0.29, 0.717) is 6.42 Å². The number of primary amides is 1. The molecule has 1 fully saturated rings. The first-order valence-corrected chi connectivity index (χ1v) is 6.60. The van der Waals surface area contributed by atoms with Gasteiger partial charge in [-0.25, -0.2) is 0 Å². The molecule has 0 aromatic heterocycles. The molecule has 3 N–H and O–H groups in total. The fraction of sp³-hybridized carbons (Fsp3) is 0.923. The maximum absolute atomic E-state index is 11.4. The van der Waals surface area contributed by atoms with Gasteiger partial charge in [0.2, 0.25) is 5.91 Å². The Morgan fingerprint density at radius 2 is 2.29 bits per heavy atom. The molecule has 1 amide bonds. The Balaban J connectivity index is 2.28. The van der Waals surface area contributed by atoms with E-state index in [4.69, 9.17) is 10.5 Å². The van der Waals surface area contributed by atoms with Crippen LogP contribution in [0.2, 0.25) is 0 Å². The van der Waals surface area contributed by atoms with E-state index >= 15 is 0 Å². The summed E-state index contributed by atoms with van der Waals surface area (Å²) in [4.78, 5) is 11.4. The molecule has 1 aliphatic carbocycles. The predicted molar refractivity (Wildman–Crippen MR) is 68.6 cm³/mol. The minimum Gasteiger partial charge on any atom is -0.378 e. The summed E-state index contributed by atoms with van der Waals surface area (Å²) < 4.78 is 5.81. The molecule has 0 radical (unpaired) electrons. The fourth-order valence-corrected chi connectivity index (χ4v) is 2.46. The highest BCUT2D eigenvalue weighted by atomic mass is 16.5. The number of hydrogen-bond acceptors (Lipinski definition) is 3. The van der Waals surface area contributed by atoms with Gasteiger partial charge in [0.15, 0.2) is 0 Å². The second-order valence-electron chi connectivity index (χ2n) is 5.47. The van der Waals surface area contributed by atoms with E-state index in [1.165, 1.54) is 6.42 Å². The van der Waals surface area contributed by atoms with Crippen LogP contribution < -0.4 is 11.1 Å². The van der Waals surface area contributed by atoms with E-state index in [9.17, 15) is 4.79 Å². The standard InChI is InChI=1S/C13H26N2O2/c1-10(2)5-4-8-17-11-6-7-13(9-11,15-3)12(14)16/h10-11,15H,4-9H2,1-3H3,(H2,14,16). The first-order chi connectivity index (χ1) is 8.00. The Hall–Kier alpha value is -0.610. The number of carbonyl (C=O) groups excluding carboxylic acids is 1. The highest BCUT2D eigenvalue weighted by molar-refractivity contribution is 5.85. The van der Waals surface area contributed by atoms with Crippen molar-refractivity contribution in [2.45, 2.75) is 57.6 Å². The Bertz CT molecular complexity index is 256. The van der Waals surface area contributed by atoms with Crippen molar-refractivity contribution in [3.63, 3.8) is 0 Å². The topological polar surface area (TPSA) is 64.3 Å². The van der Waals surface area contributed by atoms with Gasteiger partial charge in [0, 0.05) is 13.0 Å². The summed E-state index contributed by atoms with van der Waals surface area (Å²) in [7, 11) is 1.80. The van der Waals surface area contributed by atoms with Gasteiger partial charge in [0.1, 0.15) is 0 Å². The van der Waals surface area contributed by atoms with Crippen molar-refractivity contribution >= 4 is 5.91 Å². The summed E-state index contributed by atoms with van der Waals surface area (Å²) in [5.74, 6) is 0.470. The van der Waals surface area contributed by atoms with Crippen LogP contribution >= 0.6 is 0 Å². The number of ether oxygens (including phenoxy) is 1. The number of amides is 1. The Morgan fingerprint density at radius 1 is 1.59 bits per heavy atom. The molecule has 4 heteroatoms. The maximum Gasteiger partial charge on any atom is 0.237 e. The Labute approximate surface area is 104 Å². The van der Waals surface area contributed by atoms with Gasteiger partial charge < -0.3 is 15.8 Å². The minimum absolute atomic E-state index is 0.183. The molecule has 0 bridgehead atoms. The van der Waals surface area contributed by atoms with Gasteiger partial charge in [-0.1, -0.05) is 13.8 Å². The SMILES string of the molecule is CNC1(C(N)=O)CCC(OCCCC(C)C)C1. The molecule has 1 aliphatic rings. The minimum atomic E-state index is -0.539. The fourth-order valence-electron chi connectivity index (χ4n) is 2.46. The molecule has 1 rings (SSSR count). The van der Waals surface area contributed by atoms with Crippen LogP contribution in [0.25, 0.3) is 0 Å². The number of hydrogen-bond donors (Lipinski definition) is 2. The molecular weight excluding hydrogens is 216 g/mol. The summed E-state index contributed by atoms with van der Waals surface area (Å²) in [5.41, 5.74) is 4.90. The zero-order valence-corrected chi connectivity index (χ0v) is 11.3. The molecule has 100 valence electrons. The predicted octanol–water partition coefficient (Wildman–Crippen LogP) is 1.44. The monoisotopic (exact) mass is 242 g/mol. The van der Waals surface area contributed by atoms with Gasteiger partial charge in [-0.3, -0.25) is 4.79 Å². The first kappa shape index (κ1) is 14.5. The van der Waals surface area contributed by atoms with Crippen molar-refractivity contribution in [2.75, 3.05) is 13.7 Å². The Kier molecular flexibility index (Phi) is 5.40. The summed E-state index contributed by atoms with van der Waals surface area (Å²) in [6.07, 6.45) is 4.89. The van der Waals surface area contributed by atoms with E-state index in [0.717, 1.165) is 31.8 Å². The zero-order valence-electron chi connectivity index (χ0n) is 11.3. The lowest BCUT2D eigenvalue weighted by atomic mass is 9.97. The summed E-state index contributed by atoms with van der Waals surface area (Å²) in [6.45, 7) is 5.23. The first-order valence-electron chi connectivity index (χ1n) is 6.60. The smallest absolute Gasteiger partial charge is 0.237 e. The van der Waals surface area contributed by atoms with Crippen LogP contribution in [0.15, 0.2) is 0 Å². The second kappa shape index (κ2) is 6.36. The highest BCUT2D eigenvalue weighted by Crippen LogP contribution is 2.31. The van der Waals surface area contributed by atoms with Crippen LogP contribution in [0.1, 0.15) is 46.0 Å². The number of nitrogens with one attached hydrogen (secondary N) is 1. The van der Waals surface area contributed by atoms with Crippen LogP contribution in [-0.4, -0.2) is 31.2 Å². The van der Waals surface area contributed by atoms with Crippen molar-refractivity contribution in [1.82, 2.24) is 5.32 Å². The van der Waals surface area contributed by atoms with Crippen LogP contribution in [0.3, 0.4) is 0 Å². The molecule has 1 saturated carbocycles. The third-order valence-corrected chi connectivity index (χ3v) is 3.70. The highest BCUT2D eigenvalue weighted by Gasteiger charge is 2.43. The largest absolute Gasteiger partial charge is 0.378 e. The van der Waals surface area contributed by atoms with Crippen molar-refractivity contribution in [3.05, 3.63) is 0 Å². The molecule has 0 aromatic carbocycles. The quantitative estimate of drug-likeness (QED) is 0.664. The van der Waals surface area contributed by atoms with E-state index < -0.39 is 5.54 Å². The van der Waals surface area contributed by atoms with Crippen molar-refractivity contribution in [2.24, 2.45) is 11.7 Å². The van der Waals surface area contributed by atoms with Gasteiger partial charge in [-0.15, -0.1) is 0 Å². The van der Waals surface area contributed by atoms with Gasteiger partial charge >= 0.3 is 0 Å². The molecule has 2 atom stereocenters. The molecule has 0 saturated heterocycles. The number of likely N-dealkylation sites (N-methyl/N-ethyl adjacent to an activating group) is 1. The lowest BCUT2D eigenvalue weighted by Gasteiger charge is -2.24. The summed E-state index contributed by atoms with van der Waals surface area (Å²) in [6, 6.07) is 0. The summed E-state index contributed by atoms with van der Waals surface area (Å²) in [5, 5.41) is 3.06. The molecule has 0 aromatic rings. The number of nitrogens with two attached hydrogens (primary N) is 1. The van der Waals surface area contributed by atoms with Crippen LogP contribution in [0.4, 0.5) is 0 Å². The van der Waals surface area contributed by atoms with Gasteiger partial charge in [-0.2, -0.15) is 0 Å². The number of rotatable bonds is 7. The van der Waals surface area contributed by atoms with Crippen LogP contribution in [-0.2, 0) is 9.53 Å². The lowest BCUT2D eigenvalue weighted by molar-refractivity contribution is -0.124. The molecule has 0 aliphatic heterocycles. The van der Waals surface area contributed by atoms with Crippen molar-refractivity contribution in [1.29, 1.82) is 0 Å². The van der Waals surface area contributed by atoms with Crippen LogP contribution in [0, 0.1) is 5.92 Å². The molecular formula is C13H26N2O2. The summed E-state index contributed by atoms with van der Waals surface area (Å²) >= 11 is 0. The van der Waals surface area contributed by atoms with Crippen molar-refractivity contribution in [3.8, 4) is 0 Å². The molecule has 2 unspecified atom stereocenters. The van der Waals surface area contributed by atoms with Crippen LogP contribution in [0.5, 0.6) is 0 Å². The molecule has 0 heterocycles. The average Bonchev–Trinajstić information content (AvgIpc) is 2.69. The maximum atomic E-state index is 11.4. The van der Waals surface area contributed by atoms with Gasteiger partial charge in [-0.05, 0) is 38.6 Å². The van der Waals surface area contributed by atoms with Gasteiger partial charge in [0.25, 0.3) is 0 Å². The third-order valence-electron chi connectivity index (χ3n) is 3.70. The van der Waals surface area contributed by atoms with E-state index in [1.807, 2.05) is 0 Å². The van der Waals surface area contributed by atoms with E-state index in [1.54, 1.807) is 7.05 Å².